The zero-order chi connectivity index (χ0) is 19.1. The van der Waals surface area contributed by atoms with Gasteiger partial charge >= 0.3 is 0 Å². The van der Waals surface area contributed by atoms with Gasteiger partial charge in [-0.2, -0.15) is 0 Å². The number of methoxy groups -OCH3 is 1. The average molecular weight is 374 g/mol. The molecule has 0 saturated carbocycles. The van der Waals surface area contributed by atoms with E-state index in [2.05, 4.69) is 31.9 Å². The maximum atomic E-state index is 12.2. The number of pyridine rings is 2. The number of rotatable bonds is 5. The van der Waals surface area contributed by atoms with Crippen molar-refractivity contribution < 1.29 is 13.9 Å². The van der Waals surface area contributed by atoms with Crippen LogP contribution < -0.4 is 10.1 Å². The first-order valence-electron chi connectivity index (χ1n) is 9.01. The van der Waals surface area contributed by atoms with Gasteiger partial charge in [0.15, 0.2) is 11.6 Å². The van der Waals surface area contributed by atoms with Crippen LogP contribution in [-0.4, -0.2) is 33.9 Å². The molecule has 7 nitrogen and oxygen atoms in total. The quantitative estimate of drug-likeness (QED) is 0.493. The Labute approximate surface area is 159 Å². The third-order valence-corrected chi connectivity index (χ3v) is 4.94. The lowest BCUT2D eigenvalue weighted by Crippen LogP contribution is -2.25. The number of nitrogens with zero attached hydrogens (tertiary/aromatic N) is 2. The van der Waals surface area contributed by atoms with Gasteiger partial charge in [-0.3, -0.25) is 9.78 Å². The van der Waals surface area contributed by atoms with Gasteiger partial charge in [-0.15, -0.1) is 0 Å². The lowest BCUT2D eigenvalue weighted by molar-refractivity contribution is 0.0926. The number of aromatic amines is 1. The van der Waals surface area contributed by atoms with E-state index in [4.69, 9.17) is 9.15 Å². The molecule has 5 rings (SSSR count). The molecule has 0 radical (unpaired) electrons. The van der Waals surface area contributed by atoms with E-state index in [9.17, 15) is 4.79 Å². The zero-order valence-electron chi connectivity index (χ0n) is 15.2. The molecule has 140 valence electrons. The van der Waals surface area contributed by atoms with E-state index in [-0.39, 0.29) is 5.91 Å². The second kappa shape index (κ2) is 6.45. The Kier molecular flexibility index (Phi) is 3.79. The predicted octanol–water partition coefficient (Wildman–Crippen LogP) is 3.54. The molecule has 2 N–H and O–H groups in total. The largest absolute Gasteiger partial charge is 0.482 e. The number of hydrogen-bond acceptors (Lipinski definition) is 4. The Morgan fingerprint density at radius 2 is 2.21 bits per heavy atom. The summed E-state index contributed by atoms with van der Waals surface area (Å²) in [4.78, 5) is 20.1. The van der Waals surface area contributed by atoms with Crippen molar-refractivity contribution >= 4 is 33.4 Å². The SMILES string of the molecule is COc1ccc2c([nH]1)c(CCNC(=O)c1ccco1)c1c3ncccc3cn21. The first kappa shape index (κ1) is 16.4. The zero-order valence-corrected chi connectivity index (χ0v) is 15.2. The Morgan fingerprint density at radius 1 is 1.29 bits per heavy atom. The number of hydrogen-bond donors (Lipinski definition) is 2. The summed E-state index contributed by atoms with van der Waals surface area (Å²) in [5.41, 5.74) is 5.10. The van der Waals surface area contributed by atoms with Crippen LogP contribution in [0, 0.1) is 0 Å². The van der Waals surface area contributed by atoms with Gasteiger partial charge in [-0.05, 0) is 36.8 Å². The van der Waals surface area contributed by atoms with Crippen LogP contribution in [0.3, 0.4) is 0 Å². The molecule has 0 spiro atoms. The maximum absolute atomic E-state index is 12.2. The van der Waals surface area contributed by atoms with Gasteiger partial charge in [-0.25, -0.2) is 0 Å². The summed E-state index contributed by atoms with van der Waals surface area (Å²) >= 11 is 0. The van der Waals surface area contributed by atoms with E-state index in [1.807, 2.05) is 18.2 Å². The van der Waals surface area contributed by atoms with Crippen LogP contribution in [0.4, 0.5) is 0 Å². The lowest BCUT2D eigenvalue weighted by atomic mass is 10.1. The first-order valence-corrected chi connectivity index (χ1v) is 9.01. The highest BCUT2D eigenvalue weighted by molar-refractivity contribution is 6.04. The van der Waals surface area contributed by atoms with Crippen molar-refractivity contribution in [3.63, 3.8) is 0 Å². The summed E-state index contributed by atoms with van der Waals surface area (Å²) in [5.74, 6) is 0.760. The fraction of sp³-hybridized carbons (Fsp3) is 0.143. The number of ether oxygens (including phenoxy) is 1. The van der Waals surface area contributed by atoms with Crippen LogP contribution in [0.5, 0.6) is 5.88 Å². The van der Waals surface area contributed by atoms with Crippen LogP contribution in [0.1, 0.15) is 16.1 Å². The van der Waals surface area contributed by atoms with Gasteiger partial charge in [0.05, 0.1) is 35.4 Å². The third-order valence-electron chi connectivity index (χ3n) is 4.94. The van der Waals surface area contributed by atoms with E-state index < -0.39 is 0 Å². The second-order valence-electron chi connectivity index (χ2n) is 6.54. The minimum absolute atomic E-state index is 0.225. The fourth-order valence-corrected chi connectivity index (χ4v) is 3.69. The van der Waals surface area contributed by atoms with Crippen molar-refractivity contribution in [2.24, 2.45) is 0 Å². The van der Waals surface area contributed by atoms with Crippen molar-refractivity contribution in [3.05, 3.63) is 66.4 Å². The molecule has 0 fully saturated rings. The van der Waals surface area contributed by atoms with E-state index in [0.717, 1.165) is 33.0 Å². The highest BCUT2D eigenvalue weighted by Gasteiger charge is 2.18. The molecule has 28 heavy (non-hydrogen) atoms. The van der Waals surface area contributed by atoms with Gasteiger partial charge in [0.2, 0.25) is 0 Å². The predicted molar refractivity (Wildman–Crippen MR) is 106 cm³/mol. The molecule has 7 heteroatoms. The Bertz CT molecular complexity index is 1300. The molecule has 0 atom stereocenters. The van der Waals surface area contributed by atoms with Gasteiger partial charge in [0, 0.05) is 36.0 Å². The van der Waals surface area contributed by atoms with E-state index in [1.165, 1.54) is 6.26 Å². The number of carbonyl (C=O) groups is 1. The highest BCUT2D eigenvalue weighted by atomic mass is 16.5. The number of fused-ring (bicyclic) bond motifs is 5. The fourth-order valence-electron chi connectivity index (χ4n) is 3.69. The molecule has 5 aromatic heterocycles. The van der Waals surface area contributed by atoms with Crippen molar-refractivity contribution in [2.45, 2.75) is 6.42 Å². The molecular formula is C21H18N4O3. The summed E-state index contributed by atoms with van der Waals surface area (Å²) in [5, 5.41) is 3.99. The lowest BCUT2D eigenvalue weighted by Gasteiger charge is -2.05. The molecule has 0 aliphatic rings. The minimum Gasteiger partial charge on any atom is -0.482 e. The van der Waals surface area contributed by atoms with Crippen molar-refractivity contribution in [3.8, 4) is 5.88 Å². The van der Waals surface area contributed by atoms with Gasteiger partial charge < -0.3 is 23.9 Å². The van der Waals surface area contributed by atoms with Crippen molar-refractivity contribution in [1.82, 2.24) is 19.7 Å². The number of nitrogens with one attached hydrogen (secondary N) is 2. The molecule has 5 heterocycles. The smallest absolute Gasteiger partial charge is 0.286 e. The third kappa shape index (κ3) is 2.51. The molecule has 0 bridgehead atoms. The number of carbonyl (C=O) groups excluding carboxylic acids is 1. The van der Waals surface area contributed by atoms with Crippen molar-refractivity contribution in [2.75, 3.05) is 13.7 Å². The van der Waals surface area contributed by atoms with Gasteiger partial charge in [0.1, 0.15) is 0 Å². The standard InChI is InChI=1S/C21H18N4O3/c1-27-17-7-6-15-19(24-17)14(8-10-23-21(26)16-5-3-11-28-16)20-18-13(12-25(15)20)4-2-9-22-18/h2-7,9,11-12,24H,8,10H2,1H3,(H,23,26). The van der Waals surface area contributed by atoms with Crippen LogP contribution >= 0.6 is 0 Å². The van der Waals surface area contributed by atoms with Crippen LogP contribution in [-0.2, 0) is 6.42 Å². The number of amides is 1. The summed E-state index contributed by atoms with van der Waals surface area (Å²) < 4.78 is 12.7. The van der Waals surface area contributed by atoms with Crippen LogP contribution in [0.15, 0.2) is 59.5 Å². The van der Waals surface area contributed by atoms with Gasteiger partial charge in [-0.1, -0.05) is 0 Å². The molecule has 0 aliphatic heterocycles. The van der Waals surface area contributed by atoms with E-state index in [0.29, 0.717) is 24.6 Å². The summed E-state index contributed by atoms with van der Waals surface area (Å²) in [6.07, 6.45) is 6.01. The molecule has 0 aromatic carbocycles. The Hall–Kier alpha value is -3.74. The van der Waals surface area contributed by atoms with E-state index in [1.54, 1.807) is 25.4 Å². The molecule has 0 unspecified atom stereocenters. The first-order chi connectivity index (χ1) is 13.8. The van der Waals surface area contributed by atoms with E-state index >= 15 is 0 Å². The molecule has 1 amide bonds. The van der Waals surface area contributed by atoms with Gasteiger partial charge in [0.25, 0.3) is 5.91 Å². The monoisotopic (exact) mass is 374 g/mol. The molecule has 5 aromatic rings. The Morgan fingerprint density at radius 3 is 3.04 bits per heavy atom. The highest BCUT2D eigenvalue weighted by Crippen LogP contribution is 2.33. The second-order valence-corrected chi connectivity index (χ2v) is 6.54. The Balaban J connectivity index is 1.58. The minimum atomic E-state index is -0.225. The number of furan rings is 1. The molecule has 0 aliphatic carbocycles. The topological polar surface area (TPSA) is 84.6 Å². The number of aromatic nitrogens is 3. The summed E-state index contributed by atoms with van der Waals surface area (Å²) in [6, 6.07) is 11.3. The normalized spacial score (nSPS) is 11.5. The molecular weight excluding hydrogens is 356 g/mol. The number of H-pyrrole nitrogens is 1. The molecule has 0 saturated heterocycles. The van der Waals surface area contributed by atoms with Crippen molar-refractivity contribution in [1.29, 1.82) is 0 Å². The summed E-state index contributed by atoms with van der Waals surface area (Å²) in [6.45, 7) is 0.471. The van der Waals surface area contributed by atoms with Crippen LogP contribution in [0.25, 0.3) is 27.5 Å². The summed E-state index contributed by atoms with van der Waals surface area (Å²) in [7, 11) is 1.63. The average Bonchev–Trinajstić information content (AvgIpc) is 3.44. The maximum Gasteiger partial charge on any atom is 0.286 e. The van der Waals surface area contributed by atoms with Crippen LogP contribution in [0.2, 0.25) is 0 Å².